The topological polar surface area (TPSA) is 85.2 Å². The monoisotopic (exact) mass is 378 g/mol. The number of likely N-dealkylation sites (tertiary alicyclic amines) is 1. The Labute approximate surface area is 163 Å². The Hall–Kier alpha value is -3.26. The first-order valence-electron chi connectivity index (χ1n) is 9.25. The van der Waals surface area contributed by atoms with E-state index in [1.54, 1.807) is 13.2 Å². The number of anilines is 1. The van der Waals surface area contributed by atoms with E-state index in [0.29, 0.717) is 11.4 Å². The van der Waals surface area contributed by atoms with Crippen LogP contribution in [0.25, 0.3) is 5.69 Å². The summed E-state index contributed by atoms with van der Waals surface area (Å²) in [6, 6.07) is 15.5. The Morgan fingerprint density at radius 1 is 1.25 bits per heavy atom. The molecule has 144 valence electrons. The van der Waals surface area contributed by atoms with Gasteiger partial charge in [-0.2, -0.15) is 0 Å². The van der Waals surface area contributed by atoms with Crippen molar-refractivity contribution < 1.29 is 9.53 Å². The van der Waals surface area contributed by atoms with Crippen molar-refractivity contribution in [2.24, 2.45) is 0 Å². The molecule has 2 aromatic carbocycles. The Bertz CT molecular complexity index is 929. The molecule has 0 radical (unpaired) electrons. The average Bonchev–Trinajstić information content (AvgIpc) is 3.41. The number of nitrogens with one attached hydrogen (secondary N) is 1. The number of carbonyl (C=O) groups excluding carboxylic acids is 1. The van der Waals surface area contributed by atoms with E-state index >= 15 is 0 Å². The zero-order valence-corrected chi connectivity index (χ0v) is 15.7. The molecule has 0 unspecified atom stereocenters. The van der Waals surface area contributed by atoms with Crippen LogP contribution in [0.4, 0.5) is 5.69 Å². The van der Waals surface area contributed by atoms with Gasteiger partial charge in [0, 0.05) is 12.6 Å². The highest BCUT2D eigenvalue weighted by Crippen LogP contribution is 2.28. The maximum absolute atomic E-state index is 13.0. The van der Waals surface area contributed by atoms with E-state index < -0.39 is 0 Å². The Kier molecular flexibility index (Phi) is 5.29. The number of hydrogen-bond donors (Lipinski definition) is 1. The zero-order chi connectivity index (χ0) is 19.3. The van der Waals surface area contributed by atoms with E-state index in [-0.39, 0.29) is 11.9 Å². The van der Waals surface area contributed by atoms with Gasteiger partial charge in [0.1, 0.15) is 12.1 Å². The van der Waals surface area contributed by atoms with Crippen LogP contribution >= 0.6 is 0 Å². The van der Waals surface area contributed by atoms with Gasteiger partial charge < -0.3 is 10.1 Å². The summed E-state index contributed by atoms with van der Waals surface area (Å²) in [5.41, 5.74) is 2.60. The zero-order valence-electron chi connectivity index (χ0n) is 15.7. The summed E-state index contributed by atoms with van der Waals surface area (Å²) in [5, 5.41) is 14.2. The second kappa shape index (κ2) is 8.18. The number of ether oxygens (including phenoxy) is 1. The fraction of sp³-hybridized carbons (Fsp3) is 0.300. The second-order valence-corrected chi connectivity index (χ2v) is 6.74. The number of hydrogen-bond acceptors (Lipinski definition) is 6. The molecule has 0 saturated carbocycles. The van der Waals surface area contributed by atoms with Gasteiger partial charge in [-0.05, 0) is 47.5 Å². The molecule has 1 aliphatic rings. The summed E-state index contributed by atoms with van der Waals surface area (Å²) in [4.78, 5) is 15.2. The predicted octanol–water partition coefficient (Wildman–Crippen LogP) is 2.27. The fourth-order valence-corrected chi connectivity index (χ4v) is 3.55. The van der Waals surface area contributed by atoms with Crippen molar-refractivity contribution in [2.45, 2.75) is 25.4 Å². The van der Waals surface area contributed by atoms with Crippen molar-refractivity contribution in [3.05, 3.63) is 60.4 Å². The first-order valence-corrected chi connectivity index (χ1v) is 9.25. The molecule has 1 aromatic heterocycles. The molecule has 1 atom stereocenters. The molecule has 4 rings (SSSR count). The highest BCUT2D eigenvalue weighted by atomic mass is 16.5. The van der Waals surface area contributed by atoms with E-state index in [2.05, 4.69) is 37.9 Å². The van der Waals surface area contributed by atoms with Crippen LogP contribution in [0, 0.1) is 0 Å². The number of methoxy groups -OCH3 is 1. The normalized spacial score (nSPS) is 16.8. The molecular formula is C20H22N6O2. The number of tetrazole rings is 1. The van der Waals surface area contributed by atoms with Crippen molar-refractivity contribution in [1.29, 1.82) is 0 Å². The maximum atomic E-state index is 13.0. The summed E-state index contributed by atoms with van der Waals surface area (Å²) in [6.07, 6.45) is 3.37. The van der Waals surface area contributed by atoms with Crippen LogP contribution in [-0.2, 0) is 11.3 Å². The van der Waals surface area contributed by atoms with E-state index in [1.165, 1.54) is 16.6 Å². The Balaban J connectivity index is 1.48. The summed E-state index contributed by atoms with van der Waals surface area (Å²) in [7, 11) is 1.58. The molecule has 0 aliphatic carbocycles. The number of nitrogens with zero attached hydrogens (tertiary/aromatic N) is 5. The van der Waals surface area contributed by atoms with Crippen LogP contribution in [-0.4, -0.2) is 50.7 Å². The number of benzene rings is 2. The number of rotatable bonds is 6. The lowest BCUT2D eigenvalue weighted by Gasteiger charge is -2.24. The third-order valence-electron chi connectivity index (χ3n) is 4.95. The number of aromatic nitrogens is 4. The first-order chi connectivity index (χ1) is 13.7. The lowest BCUT2D eigenvalue weighted by Crippen LogP contribution is -2.39. The Morgan fingerprint density at radius 3 is 2.86 bits per heavy atom. The van der Waals surface area contributed by atoms with E-state index in [4.69, 9.17) is 4.74 Å². The molecule has 0 bridgehead atoms. The molecule has 2 heterocycles. The van der Waals surface area contributed by atoms with Crippen LogP contribution in [0.2, 0.25) is 0 Å². The molecule has 8 nitrogen and oxygen atoms in total. The SMILES string of the molecule is COc1cc(-n2cnnn2)ccc1NC(=O)[C@@H]1CCCN1Cc1ccccc1. The van der Waals surface area contributed by atoms with Gasteiger partial charge in [-0.25, -0.2) is 4.68 Å². The van der Waals surface area contributed by atoms with E-state index in [1.807, 2.05) is 30.3 Å². The van der Waals surface area contributed by atoms with Gasteiger partial charge in [0.05, 0.1) is 24.5 Å². The highest BCUT2D eigenvalue weighted by molar-refractivity contribution is 5.96. The summed E-state index contributed by atoms with van der Waals surface area (Å²) < 4.78 is 6.99. The molecule has 1 saturated heterocycles. The van der Waals surface area contributed by atoms with Gasteiger partial charge in [0.25, 0.3) is 0 Å². The minimum Gasteiger partial charge on any atom is -0.494 e. The molecule has 1 fully saturated rings. The van der Waals surface area contributed by atoms with Crippen molar-refractivity contribution >= 4 is 11.6 Å². The molecule has 0 spiro atoms. The average molecular weight is 378 g/mol. The van der Waals surface area contributed by atoms with Crippen molar-refractivity contribution in [1.82, 2.24) is 25.1 Å². The lowest BCUT2D eigenvalue weighted by molar-refractivity contribution is -0.120. The van der Waals surface area contributed by atoms with Crippen LogP contribution in [0.5, 0.6) is 5.75 Å². The van der Waals surface area contributed by atoms with E-state index in [9.17, 15) is 4.79 Å². The summed E-state index contributed by atoms with van der Waals surface area (Å²) >= 11 is 0. The molecule has 8 heteroatoms. The van der Waals surface area contributed by atoms with Gasteiger partial charge in [0.15, 0.2) is 0 Å². The van der Waals surface area contributed by atoms with Gasteiger partial charge in [0.2, 0.25) is 5.91 Å². The van der Waals surface area contributed by atoms with E-state index in [0.717, 1.165) is 31.6 Å². The molecule has 3 aromatic rings. The molecule has 1 aliphatic heterocycles. The molecule has 1 amide bonds. The van der Waals surface area contributed by atoms with Crippen molar-refractivity contribution in [3.63, 3.8) is 0 Å². The van der Waals surface area contributed by atoms with Crippen molar-refractivity contribution in [2.75, 3.05) is 19.0 Å². The van der Waals surface area contributed by atoms with Gasteiger partial charge in [-0.15, -0.1) is 5.10 Å². The minimum absolute atomic E-state index is 0.0121. The van der Waals surface area contributed by atoms with Gasteiger partial charge in [-0.1, -0.05) is 30.3 Å². The quantitative estimate of drug-likeness (QED) is 0.708. The summed E-state index contributed by atoms with van der Waals surface area (Å²) in [5.74, 6) is 0.552. The minimum atomic E-state index is -0.149. The predicted molar refractivity (Wildman–Crippen MR) is 104 cm³/mol. The van der Waals surface area contributed by atoms with Crippen LogP contribution in [0.15, 0.2) is 54.9 Å². The van der Waals surface area contributed by atoms with Crippen LogP contribution in [0.3, 0.4) is 0 Å². The molecular weight excluding hydrogens is 356 g/mol. The van der Waals surface area contributed by atoms with Crippen molar-refractivity contribution in [3.8, 4) is 11.4 Å². The smallest absolute Gasteiger partial charge is 0.241 e. The second-order valence-electron chi connectivity index (χ2n) is 6.74. The third-order valence-corrected chi connectivity index (χ3v) is 4.95. The molecule has 28 heavy (non-hydrogen) atoms. The number of amides is 1. The maximum Gasteiger partial charge on any atom is 0.241 e. The van der Waals surface area contributed by atoms with Crippen LogP contribution < -0.4 is 10.1 Å². The first kappa shape index (κ1) is 18.1. The lowest BCUT2D eigenvalue weighted by atomic mass is 10.1. The van der Waals surface area contributed by atoms with Gasteiger partial charge >= 0.3 is 0 Å². The third kappa shape index (κ3) is 3.86. The number of carbonyl (C=O) groups is 1. The summed E-state index contributed by atoms with van der Waals surface area (Å²) in [6.45, 7) is 1.69. The highest BCUT2D eigenvalue weighted by Gasteiger charge is 2.31. The van der Waals surface area contributed by atoms with Crippen LogP contribution in [0.1, 0.15) is 18.4 Å². The largest absolute Gasteiger partial charge is 0.494 e. The standard InChI is InChI=1S/C20H22N6O2/c1-28-19-12-16(26-14-21-23-24-26)9-10-17(19)22-20(27)18-8-5-11-25(18)13-15-6-3-2-4-7-15/h2-4,6-7,9-10,12,14,18H,5,8,11,13H2,1H3,(H,22,27)/t18-/m0/s1. The Morgan fingerprint density at radius 2 is 2.11 bits per heavy atom. The van der Waals surface area contributed by atoms with Gasteiger partial charge in [-0.3, -0.25) is 9.69 Å². The molecule has 1 N–H and O–H groups in total. The fourth-order valence-electron chi connectivity index (χ4n) is 3.55.